The molecule has 0 aromatic heterocycles. The predicted octanol–water partition coefficient (Wildman–Crippen LogP) is 6.67. The van der Waals surface area contributed by atoms with E-state index in [-0.39, 0.29) is 5.91 Å². The van der Waals surface area contributed by atoms with Crippen molar-refractivity contribution in [2.24, 2.45) is 10.2 Å². The first-order valence-corrected chi connectivity index (χ1v) is 10.5. The fourth-order valence-electron chi connectivity index (χ4n) is 3.28. The molecule has 3 N–H and O–H groups in total. The standard InChI is InChI=1S/C27H25N5O/c1-32(2)24-15-13-23(14-16-24)31-30-22-11-8-20(9-12-22)27(33)29-26-18-21(10-17-25(26)28)19-6-4-3-5-7-19/h3-18H,28H2,1-2H3,(H,29,33). The Morgan fingerprint density at radius 2 is 1.36 bits per heavy atom. The van der Waals surface area contributed by atoms with E-state index >= 15 is 0 Å². The lowest BCUT2D eigenvalue weighted by Crippen LogP contribution is -2.13. The van der Waals surface area contributed by atoms with E-state index < -0.39 is 0 Å². The molecule has 33 heavy (non-hydrogen) atoms. The summed E-state index contributed by atoms with van der Waals surface area (Å²) in [6.07, 6.45) is 0. The van der Waals surface area contributed by atoms with Gasteiger partial charge in [0, 0.05) is 25.3 Å². The summed E-state index contributed by atoms with van der Waals surface area (Å²) in [5.41, 5.74) is 12.2. The third-order valence-electron chi connectivity index (χ3n) is 5.19. The van der Waals surface area contributed by atoms with Crippen LogP contribution >= 0.6 is 0 Å². The number of nitrogens with one attached hydrogen (secondary N) is 1. The van der Waals surface area contributed by atoms with Gasteiger partial charge in [0.15, 0.2) is 0 Å². The molecule has 0 saturated heterocycles. The Morgan fingerprint density at radius 1 is 0.758 bits per heavy atom. The molecule has 164 valence electrons. The van der Waals surface area contributed by atoms with Crippen molar-refractivity contribution in [1.82, 2.24) is 0 Å². The Morgan fingerprint density at radius 3 is 1.97 bits per heavy atom. The number of carbonyl (C=O) groups excluding carboxylic acids is 1. The molecule has 1 amide bonds. The van der Waals surface area contributed by atoms with Gasteiger partial charge in [0.2, 0.25) is 0 Å². The van der Waals surface area contributed by atoms with E-state index in [4.69, 9.17) is 5.73 Å². The maximum atomic E-state index is 12.8. The number of carbonyl (C=O) groups is 1. The second kappa shape index (κ2) is 9.78. The van der Waals surface area contributed by atoms with Crippen LogP contribution in [0.5, 0.6) is 0 Å². The molecule has 0 radical (unpaired) electrons. The van der Waals surface area contributed by atoms with E-state index in [2.05, 4.69) is 15.5 Å². The number of hydrogen-bond acceptors (Lipinski definition) is 5. The molecule has 0 bridgehead atoms. The molecule has 0 heterocycles. The average molecular weight is 436 g/mol. The first-order valence-electron chi connectivity index (χ1n) is 10.5. The number of azo groups is 1. The molecule has 0 aliphatic carbocycles. The number of rotatable bonds is 6. The molecule has 4 aromatic carbocycles. The topological polar surface area (TPSA) is 83.1 Å². The molecule has 4 rings (SSSR count). The Labute approximate surface area is 193 Å². The quantitative estimate of drug-likeness (QED) is 0.262. The Bertz CT molecular complexity index is 1260. The number of nitrogens with zero attached hydrogens (tertiary/aromatic N) is 3. The lowest BCUT2D eigenvalue weighted by atomic mass is 10.0. The summed E-state index contributed by atoms with van der Waals surface area (Å²) in [5, 5.41) is 11.4. The van der Waals surface area contributed by atoms with E-state index in [9.17, 15) is 4.79 Å². The second-order valence-corrected chi connectivity index (χ2v) is 7.78. The smallest absolute Gasteiger partial charge is 0.255 e. The van der Waals surface area contributed by atoms with Gasteiger partial charge in [0.05, 0.1) is 22.7 Å². The lowest BCUT2D eigenvalue weighted by Gasteiger charge is -2.11. The Balaban J connectivity index is 1.44. The molecule has 6 nitrogen and oxygen atoms in total. The van der Waals surface area contributed by atoms with Crippen molar-refractivity contribution >= 4 is 34.3 Å². The zero-order valence-corrected chi connectivity index (χ0v) is 18.6. The molecule has 6 heteroatoms. The molecule has 0 spiro atoms. The number of nitrogen functional groups attached to an aromatic ring is 1. The van der Waals surface area contributed by atoms with Gasteiger partial charge in [-0.25, -0.2) is 0 Å². The Hall–Kier alpha value is -4.45. The third-order valence-corrected chi connectivity index (χ3v) is 5.19. The maximum Gasteiger partial charge on any atom is 0.255 e. The normalized spacial score (nSPS) is 10.8. The van der Waals surface area contributed by atoms with Gasteiger partial charge in [-0.1, -0.05) is 36.4 Å². The molecule has 0 aliphatic heterocycles. The van der Waals surface area contributed by atoms with Crippen LogP contribution in [0.3, 0.4) is 0 Å². The summed E-state index contributed by atoms with van der Waals surface area (Å²) >= 11 is 0. The molecule has 0 unspecified atom stereocenters. The van der Waals surface area contributed by atoms with Crippen LogP contribution in [0, 0.1) is 0 Å². The molecule has 0 fully saturated rings. The minimum absolute atomic E-state index is 0.241. The molecular weight excluding hydrogens is 410 g/mol. The van der Waals surface area contributed by atoms with Crippen molar-refractivity contribution in [2.45, 2.75) is 0 Å². The highest BCUT2D eigenvalue weighted by Gasteiger charge is 2.10. The highest BCUT2D eigenvalue weighted by atomic mass is 16.1. The van der Waals surface area contributed by atoms with E-state index in [1.54, 1.807) is 30.3 Å². The number of hydrogen-bond donors (Lipinski definition) is 2. The second-order valence-electron chi connectivity index (χ2n) is 7.78. The van der Waals surface area contributed by atoms with E-state index in [1.165, 1.54) is 0 Å². The van der Waals surface area contributed by atoms with Crippen molar-refractivity contribution in [1.29, 1.82) is 0 Å². The minimum atomic E-state index is -0.241. The van der Waals surface area contributed by atoms with Crippen molar-refractivity contribution in [3.63, 3.8) is 0 Å². The fraction of sp³-hybridized carbons (Fsp3) is 0.0741. The summed E-state index contributed by atoms with van der Waals surface area (Å²) in [6, 6.07) is 30.3. The van der Waals surface area contributed by atoms with Crippen LogP contribution in [0.4, 0.5) is 28.4 Å². The molecule has 4 aromatic rings. The minimum Gasteiger partial charge on any atom is -0.397 e. The van der Waals surface area contributed by atoms with Crippen molar-refractivity contribution < 1.29 is 4.79 Å². The highest BCUT2D eigenvalue weighted by molar-refractivity contribution is 6.06. The summed E-state index contributed by atoms with van der Waals surface area (Å²) < 4.78 is 0. The molecule has 0 aliphatic rings. The SMILES string of the molecule is CN(C)c1ccc(N=Nc2ccc(C(=O)Nc3cc(-c4ccccc4)ccc3N)cc2)cc1. The van der Waals surface area contributed by atoms with Crippen LogP contribution in [0.1, 0.15) is 10.4 Å². The third kappa shape index (κ3) is 5.43. The maximum absolute atomic E-state index is 12.8. The van der Waals surface area contributed by atoms with Gasteiger partial charge in [-0.3, -0.25) is 4.79 Å². The van der Waals surface area contributed by atoms with E-state index in [1.807, 2.05) is 85.7 Å². The predicted molar refractivity (Wildman–Crippen MR) is 136 cm³/mol. The molecular formula is C27H25N5O. The van der Waals surface area contributed by atoms with Gasteiger partial charge in [0.25, 0.3) is 5.91 Å². The van der Waals surface area contributed by atoms with Crippen LogP contribution in [0.2, 0.25) is 0 Å². The van der Waals surface area contributed by atoms with Gasteiger partial charge in [-0.15, -0.1) is 0 Å². The van der Waals surface area contributed by atoms with Gasteiger partial charge in [-0.2, -0.15) is 10.2 Å². The average Bonchev–Trinajstić information content (AvgIpc) is 2.85. The van der Waals surface area contributed by atoms with Crippen LogP contribution < -0.4 is 16.0 Å². The zero-order chi connectivity index (χ0) is 23.2. The largest absolute Gasteiger partial charge is 0.397 e. The zero-order valence-electron chi connectivity index (χ0n) is 18.6. The summed E-state index contributed by atoms with van der Waals surface area (Å²) in [6.45, 7) is 0. The number of anilines is 3. The monoisotopic (exact) mass is 435 g/mol. The van der Waals surface area contributed by atoms with Crippen molar-refractivity contribution in [2.75, 3.05) is 30.0 Å². The van der Waals surface area contributed by atoms with Crippen LogP contribution in [-0.2, 0) is 0 Å². The first-order chi connectivity index (χ1) is 16.0. The summed E-state index contributed by atoms with van der Waals surface area (Å²) in [4.78, 5) is 14.8. The lowest BCUT2D eigenvalue weighted by molar-refractivity contribution is 0.102. The van der Waals surface area contributed by atoms with E-state index in [0.29, 0.717) is 22.6 Å². The molecule has 0 saturated carbocycles. The van der Waals surface area contributed by atoms with Gasteiger partial charge in [0.1, 0.15) is 0 Å². The van der Waals surface area contributed by atoms with E-state index in [0.717, 1.165) is 22.5 Å². The number of benzene rings is 4. The summed E-state index contributed by atoms with van der Waals surface area (Å²) in [5.74, 6) is -0.241. The number of nitrogens with two attached hydrogens (primary N) is 1. The van der Waals surface area contributed by atoms with Crippen molar-refractivity contribution in [3.05, 3.63) is 103 Å². The van der Waals surface area contributed by atoms with Crippen LogP contribution in [0.15, 0.2) is 107 Å². The van der Waals surface area contributed by atoms with Gasteiger partial charge >= 0.3 is 0 Å². The van der Waals surface area contributed by atoms with Crippen LogP contribution in [0.25, 0.3) is 11.1 Å². The van der Waals surface area contributed by atoms with Gasteiger partial charge in [-0.05, 0) is 71.8 Å². The first kappa shape index (κ1) is 21.8. The Kier molecular flexibility index (Phi) is 6.45. The number of amides is 1. The van der Waals surface area contributed by atoms with Crippen LogP contribution in [-0.4, -0.2) is 20.0 Å². The van der Waals surface area contributed by atoms with Crippen molar-refractivity contribution in [3.8, 4) is 11.1 Å². The fourth-order valence-corrected chi connectivity index (χ4v) is 3.28. The van der Waals surface area contributed by atoms with Gasteiger partial charge < -0.3 is 16.0 Å². The summed E-state index contributed by atoms with van der Waals surface area (Å²) in [7, 11) is 3.98. The molecule has 0 atom stereocenters. The highest BCUT2D eigenvalue weighted by Crippen LogP contribution is 2.28.